The highest BCUT2D eigenvalue weighted by Gasteiger charge is 2.30. The van der Waals surface area contributed by atoms with Crippen LogP contribution in [0.4, 0.5) is 4.39 Å². The molecule has 2 atom stereocenters. The Morgan fingerprint density at radius 2 is 1.79 bits per heavy atom. The van der Waals surface area contributed by atoms with Gasteiger partial charge in [-0.2, -0.15) is 0 Å². The van der Waals surface area contributed by atoms with E-state index in [1.807, 2.05) is 6.92 Å². The zero-order chi connectivity index (χ0) is 27.8. The Hall–Kier alpha value is -4.03. The van der Waals surface area contributed by atoms with Gasteiger partial charge in [-0.1, -0.05) is 6.92 Å². The van der Waals surface area contributed by atoms with Gasteiger partial charge in [0.1, 0.15) is 17.3 Å². The number of hydrogen-bond donors (Lipinski definition) is 4. The lowest BCUT2D eigenvalue weighted by Crippen LogP contribution is -2.48. The van der Waals surface area contributed by atoms with Crippen molar-refractivity contribution in [3.63, 3.8) is 0 Å². The molecule has 2 amide bonds. The summed E-state index contributed by atoms with van der Waals surface area (Å²) < 4.78 is 26.0. The third kappa shape index (κ3) is 7.98. The molecule has 0 unspecified atom stereocenters. The molecule has 0 aliphatic carbocycles. The minimum atomic E-state index is -1.25. The third-order valence-electron chi connectivity index (χ3n) is 5.65. The predicted molar refractivity (Wildman–Crippen MR) is 133 cm³/mol. The first kappa shape index (κ1) is 28.5. The Kier molecular flexibility index (Phi) is 9.74. The predicted octanol–water partition coefficient (Wildman–Crippen LogP) is 2.25. The van der Waals surface area contributed by atoms with Crippen LogP contribution in [0.25, 0.3) is 0 Å². The number of fused-ring (bicyclic) bond motifs is 5. The number of carboxylic acids is 2. The molecule has 0 spiro atoms. The summed E-state index contributed by atoms with van der Waals surface area (Å²) in [6, 6.07) is 7.65. The molecule has 204 valence electrons. The molecule has 1 fully saturated rings. The lowest BCUT2D eigenvalue weighted by Gasteiger charge is -2.25. The number of benzene rings is 2. The zero-order valence-electron chi connectivity index (χ0n) is 21.0. The Morgan fingerprint density at radius 3 is 2.47 bits per heavy atom. The van der Waals surface area contributed by atoms with Crippen LogP contribution < -0.4 is 15.4 Å². The van der Waals surface area contributed by atoms with E-state index in [1.54, 1.807) is 6.07 Å². The van der Waals surface area contributed by atoms with Crippen molar-refractivity contribution in [2.24, 2.45) is 0 Å². The van der Waals surface area contributed by atoms with Crippen molar-refractivity contribution in [3.8, 4) is 11.5 Å². The van der Waals surface area contributed by atoms with E-state index < -0.39 is 23.7 Å². The standard InChI is InChI=1S/C24H26FN3O6.C2H4O2/c1-2-3-28-12-22(29)27-20-10-26-11-21(20)33-13-14-4-17(25)9-18(5-14)34-19-7-15(23(28)30)6-16(8-19)24(31)32;1-2(3)4/h4-9,20-21,26H,2-3,10-13H2,1H3,(H,27,29)(H,31,32);1H3,(H,3,4)/t20-,21-;/m1./s1. The van der Waals surface area contributed by atoms with Crippen molar-refractivity contribution in [2.75, 3.05) is 26.2 Å². The maximum Gasteiger partial charge on any atom is 0.335 e. The van der Waals surface area contributed by atoms with E-state index >= 15 is 0 Å². The van der Waals surface area contributed by atoms with Crippen LogP contribution in [0.2, 0.25) is 0 Å². The Bertz CT molecular complexity index is 1200. The number of ether oxygens (including phenoxy) is 2. The number of carboxylic acid groups (broad SMARTS) is 2. The lowest BCUT2D eigenvalue weighted by molar-refractivity contribution is -0.134. The van der Waals surface area contributed by atoms with Crippen molar-refractivity contribution >= 4 is 23.8 Å². The van der Waals surface area contributed by atoms with Crippen molar-refractivity contribution in [1.29, 1.82) is 0 Å². The summed E-state index contributed by atoms with van der Waals surface area (Å²) in [6.45, 7) is 4.18. The fraction of sp³-hybridized carbons (Fsp3) is 0.385. The summed E-state index contributed by atoms with van der Waals surface area (Å²) in [4.78, 5) is 48.1. The number of halogens is 1. The molecule has 4 N–H and O–H groups in total. The van der Waals surface area contributed by atoms with Crippen molar-refractivity contribution in [3.05, 3.63) is 58.9 Å². The van der Waals surface area contributed by atoms with Crippen LogP contribution in [0.1, 0.15) is 46.5 Å². The van der Waals surface area contributed by atoms with E-state index in [0.717, 1.165) is 6.92 Å². The number of hydrogen-bond acceptors (Lipinski definition) is 7. The molecule has 2 aromatic rings. The number of amides is 2. The van der Waals surface area contributed by atoms with E-state index in [9.17, 15) is 23.9 Å². The first-order chi connectivity index (χ1) is 18.0. The zero-order valence-corrected chi connectivity index (χ0v) is 21.0. The average Bonchev–Trinajstić information content (AvgIpc) is 3.27. The van der Waals surface area contributed by atoms with Gasteiger partial charge < -0.3 is 35.2 Å². The van der Waals surface area contributed by atoms with E-state index in [4.69, 9.17) is 19.4 Å². The van der Waals surface area contributed by atoms with Crippen LogP contribution >= 0.6 is 0 Å². The van der Waals surface area contributed by atoms with Crippen molar-refractivity contribution in [1.82, 2.24) is 15.5 Å². The monoisotopic (exact) mass is 531 g/mol. The van der Waals surface area contributed by atoms with Crippen molar-refractivity contribution in [2.45, 2.75) is 39.0 Å². The van der Waals surface area contributed by atoms with Gasteiger partial charge in [0.25, 0.3) is 11.9 Å². The number of nitrogens with zero attached hydrogens (tertiary/aromatic N) is 1. The number of nitrogens with one attached hydrogen (secondary N) is 2. The van der Waals surface area contributed by atoms with Crippen LogP contribution in [-0.2, 0) is 20.9 Å². The minimum absolute atomic E-state index is 0.0589. The molecule has 4 bridgehead atoms. The molecule has 2 aromatic carbocycles. The van der Waals surface area contributed by atoms with Gasteiger partial charge in [0.2, 0.25) is 5.91 Å². The molecule has 0 saturated carbocycles. The van der Waals surface area contributed by atoms with Gasteiger partial charge in [-0.25, -0.2) is 9.18 Å². The third-order valence-corrected chi connectivity index (χ3v) is 5.65. The molecule has 2 aliphatic rings. The Labute approximate surface area is 218 Å². The topological polar surface area (TPSA) is 154 Å². The van der Waals surface area contributed by atoms with E-state index in [0.29, 0.717) is 31.6 Å². The lowest BCUT2D eigenvalue weighted by atomic mass is 10.1. The number of aliphatic carboxylic acids is 1. The van der Waals surface area contributed by atoms with Crippen LogP contribution in [0.5, 0.6) is 11.5 Å². The van der Waals surface area contributed by atoms with Crippen LogP contribution in [0.15, 0.2) is 36.4 Å². The SMILES string of the molecule is CC(=O)O.CCCN1CC(=O)N[C@@H]2CNC[C@H]2OCc2cc(F)cc(c2)Oc2cc(C(=O)O)cc(c2)C1=O. The molecule has 2 aliphatic heterocycles. The highest BCUT2D eigenvalue weighted by Crippen LogP contribution is 2.27. The largest absolute Gasteiger partial charge is 0.481 e. The quantitative estimate of drug-likeness (QED) is 0.467. The highest BCUT2D eigenvalue weighted by molar-refractivity contribution is 5.99. The molecule has 11 nitrogen and oxygen atoms in total. The Morgan fingerprint density at radius 1 is 1.08 bits per heavy atom. The molecule has 0 aromatic heterocycles. The second-order valence-corrected chi connectivity index (χ2v) is 8.88. The summed E-state index contributed by atoms with van der Waals surface area (Å²) in [6.07, 6.45) is 0.273. The van der Waals surface area contributed by atoms with Gasteiger partial charge in [0.05, 0.1) is 30.9 Å². The summed E-state index contributed by atoms with van der Waals surface area (Å²) in [7, 11) is 0. The molecular formula is C26H30FN3O8. The molecular weight excluding hydrogens is 501 g/mol. The first-order valence-corrected chi connectivity index (χ1v) is 12.0. The highest BCUT2D eigenvalue weighted by atomic mass is 19.1. The number of carbonyl (C=O) groups excluding carboxylic acids is 2. The van der Waals surface area contributed by atoms with Gasteiger partial charge in [0.15, 0.2) is 0 Å². The van der Waals surface area contributed by atoms with Gasteiger partial charge in [-0.3, -0.25) is 14.4 Å². The van der Waals surface area contributed by atoms with Gasteiger partial charge in [-0.05, 0) is 42.3 Å². The molecule has 2 heterocycles. The molecule has 0 radical (unpaired) electrons. The second kappa shape index (κ2) is 13.0. The van der Waals surface area contributed by atoms with Gasteiger partial charge in [0, 0.05) is 38.2 Å². The minimum Gasteiger partial charge on any atom is -0.481 e. The van der Waals surface area contributed by atoms with E-state index in [1.165, 1.54) is 35.2 Å². The number of rotatable bonds is 3. The van der Waals surface area contributed by atoms with Gasteiger partial charge >= 0.3 is 5.97 Å². The van der Waals surface area contributed by atoms with Crippen LogP contribution in [0, 0.1) is 5.82 Å². The average molecular weight is 532 g/mol. The summed E-state index contributed by atoms with van der Waals surface area (Å²) >= 11 is 0. The van der Waals surface area contributed by atoms with Crippen LogP contribution in [-0.4, -0.2) is 77.2 Å². The van der Waals surface area contributed by atoms with E-state index in [-0.39, 0.29) is 53.8 Å². The summed E-state index contributed by atoms with van der Waals surface area (Å²) in [5.74, 6) is -3.28. The number of carbonyl (C=O) groups is 4. The molecule has 4 rings (SSSR count). The van der Waals surface area contributed by atoms with Gasteiger partial charge in [-0.15, -0.1) is 0 Å². The summed E-state index contributed by atoms with van der Waals surface area (Å²) in [5.41, 5.74) is 0.408. The fourth-order valence-corrected chi connectivity index (χ4v) is 4.11. The van der Waals surface area contributed by atoms with Crippen molar-refractivity contribution < 1.29 is 43.3 Å². The summed E-state index contributed by atoms with van der Waals surface area (Å²) in [5, 5.41) is 23.0. The maximum absolute atomic E-state index is 14.3. The smallest absolute Gasteiger partial charge is 0.335 e. The molecule has 1 saturated heterocycles. The van der Waals surface area contributed by atoms with Crippen LogP contribution in [0.3, 0.4) is 0 Å². The second-order valence-electron chi connectivity index (χ2n) is 8.88. The Balaban J connectivity index is 0.000000934. The fourth-order valence-electron chi connectivity index (χ4n) is 4.11. The normalized spacial score (nSPS) is 19.4. The number of aromatic carboxylic acids is 1. The molecule has 38 heavy (non-hydrogen) atoms. The maximum atomic E-state index is 14.3. The molecule has 12 heteroatoms. The van der Waals surface area contributed by atoms with E-state index in [2.05, 4.69) is 10.6 Å². The first-order valence-electron chi connectivity index (χ1n) is 12.0.